The lowest BCUT2D eigenvalue weighted by atomic mass is 10.2. The maximum Gasteiger partial charge on any atom is 0.276 e. The van der Waals surface area contributed by atoms with Crippen LogP contribution in [-0.4, -0.2) is 45.8 Å². The molecule has 2 aliphatic heterocycles. The minimum absolute atomic E-state index is 0.108. The first kappa shape index (κ1) is 25.2. The Labute approximate surface area is 221 Å². The molecule has 10 heteroatoms. The van der Waals surface area contributed by atoms with E-state index in [2.05, 4.69) is 26.8 Å². The third kappa shape index (κ3) is 5.74. The number of benzene rings is 2. The quantitative estimate of drug-likeness (QED) is 0.493. The summed E-state index contributed by atoms with van der Waals surface area (Å²) in [5, 5.41) is 4.11. The predicted octanol–water partition coefficient (Wildman–Crippen LogP) is 3.76. The Morgan fingerprint density at radius 3 is 2.63 bits per heavy atom. The van der Waals surface area contributed by atoms with Crippen LogP contribution in [0.4, 0.5) is 17.3 Å². The lowest BCUT2D eigenvalue weighted by molar-refractivity contribution is -0.133. The topological polar surface area (TPSA) is 117 Å². The van der Waals surface area contributed by atoms with Crippen LogP contribution in [0.25, 0.3) is 0 Å². The van der Waals surface area contributed by atoms with Crippen LogP contribution in [0.5, 0.6) is 5.88 Å². The van der Waals surface area contributed by atoms with Crippen molar-refractivity contribution in [2.24, 2.45) is 0 Å². The van der Waals surface area contributed by atoms with E-state index in [1.807, 2.05) is 35.2 Å². The summed E-state index contributed by atoms with van der Waals surface area (Å²) in [7, 11) is 0. The summed E-state index contributed by atoms with van der Waals surface area (Å²) in [5.74, 6) is -0.184. The van der Waals surface area contributed by atoms with Crippen molar-refractivity contribution in [1.29, 1.82) is 0 Å². The van der Waals surface area contributed by atoms with Gasteiger partial charge >= 0.3 is 0 Å². The summed E-state index contributed by atoms with van der Waals surface area (Å²) in [6.45, 7) is 2.78. The molecule has 1 aromatic heterocycles. The highest BCUT2D eigenvalue weighted by molar-refractivity contribution is 5.97. The highest BCUT2D eigenvalue weighted by Gasteiger charge is 2.26. The van der Waals surface area contributed by atoms with Crippen LogP contribution in [0.3, 0.4) is 0 Å². The van der Waals surface area contributed by atoms with Gasteiger partial charge in [0.05, 0.1) is 0 Å². The van der Waals surface area contributed by atoms with E-state index in [1.165, 1.54) is 23.7 Å². The summed E-state index contributed by atoms with van der Waals surface area (Å²) in [4.78, 5) is 48.1. The van der Waals surface area contributed by atoms with Crippen molar-refractivity contribution in [3.05, 3.63) is 71.4 Å². The van der Waals surface area contributed by atoms with E-state index in [1.54, 1.807) is 12.1 Å². The third-order valence-electron chi connectivity index (χ3n) is 6.57. The maximum absolute atomic E-state index is 13.3. The number of hydrazine groups is 1. The van der Waals surface area contributed by atoms with E-state index in [0.717, 1.165) is 43.5 Å². The summed E-state index contributed by atoms with van der Waals surface area (Å²) in [6, 6.07) is 15.3. The fraction of sp³-hybridized carbons (Fsp3) is 0.321. The van der Waals surface area contributed by atoms with Gasteiger partial charge in [-0.2, -0.15) is 4.98 Å². The van der Waals surface area contributed by atoms with Crippen LogP contribution in [0.15, 0.2) is 54.7 Å². The summed E-state index contributed by atoms with van der Waals surface area (Å²) in [6.07, 6.45) is 5.32. The SMILES string of the molecule is CC(=O)Nc1ccc(COc2nc(N3CCc4ccccc43)ncc2C(=O)NN2CCCCCC2=O)cc1. The summed E-state index contributed by atoms with van der Waals surface area (Å²) < 4.78 is 6.06. The highest BCUT2D eigenvalue weighted by atomic mass is 16.5. The normalized spacial score (nSPS) is 15.0. The fourth-order valence-electron chi connectivity index (χ4n) is 4.62. The molecule has 1 fully saturated rings. The molecule has 0 unspecified atom stereocenters. The zero-order chi connectivity index (χ0) is 26.5. The molecule has 0 aliphatic carbocycles. The van der Waals surface area contributed by atoms with E-state index < -0.39 is 5.91 Å². The summed E-state index contributed by atoms with van der Waals surface area (Å²) in [5.41, 5.74) is 6.62. The van der Waals surface area contributed by atoms with Crippen molar-refractivity contribution < 1.29 is 19.1 Å². The highest BCUT2D eigenvalue weighted by Crippen LogP contribution is 2.33. The molecule has 0 bridgehead atoms. The molecule has 2 aliphatic rings. The molecule has 0 radical (unpaired) electrons. The Bertz CT molecular complexity index is 1340. The van der Waals surface area contributed by atoms with E-state index in [9.17, 15) is 14.4 Å². The molecule has 10 nitrogen and oxygen atoms in total. The van der Waals surface area contributed by atoms with Crippen molar-refractivity contribution in [2.75, 3.05) is 23.3 Å². The fourth-order valence-corrected chi connectivity index (χ4v) is 4.62. The maximum atomic E-state index is 13.3. The first-order chi connectivity index (χ1) is 18.5. The molecule has 38 heavy (non-hydrogen) atoms. The largest absolute Gasteiger partial charge is 0.472 e. The van der Waals surface area contributed by atoms with E-state index in [-0.39, 0.29) is 29.9 Å². The van der Waals surface area contributed by atoms with Gasteiger partial charge in [-0.25, -0.2) is 4.98 Å². The number of carbonyl (C=O) groups is 3. The second kappa shape index (κ2) is 11.3. The van der Waals surface area contributed by atoms with Gasteiger partial charge in [0.25, 0.3) is 5.91 Å². The molecule has 2 N–H and O–H groups in total. The van der Waals surface area contributed by atoms with Crippen LogP contribution in [0.1, 0.15) is 54.1 Å². The van der Waals surface area contributed by atoms with Crippen LogP contribution < -0.4 is 20.4 Å². The lowest BCUT2D eigenvalue weighted by Crippen LogP contribution is -2.46. The zero-order valence-corrected chi connectivity index (χ0v) is 21.3. The Morgan fingerprint density at radius 2 is 1.82 bits per heavy atom. The number of hydrogen-bond donors (Lipinski definition) is 2. The molecule has 196 valence electrons. The number of nitrogens with zero attached hydrogens (tertiary/aromatic N) is 4. The third-order valence-corrected chi connectivity index (χ3v) is 6.57. The van der Waals surface area contributed by atoms with Crippen LogP contribution in [0.2, 0.25) is 0 Å². The van der Waals surface area contributed by atoms with Crippen molar-refractivity contribution in [2.45, 2.75) is 45.6 Å². The van der Waals surface area contributed by atoms with Gasteiger partial charge in [-0.3, -0.25) is 24.8 Å². The lowest BCUT2D eigenvalue weighted by Gasteiger charge is -2.22. The van der Waals surface area contributed by atoms with Crippen molar-refractivity contribution >= 4 is 35.0 Å². The second-order valence-electron chi connectivity index (χ2n) is 9.38. The molecule has 3 heterocycles. The monoisotopic (exact) mass is 514 g/mol. The van der Waals surface area contributed by atoms with Gasteiger partial charge in [0.1, 0.15) is 12.2 Å². The Hall–Kier alpha value is -4.47. The molecule has 3 aromatic rings. The van der Waals surface area contributed by atoms with Gasteiger partial charge in [0.15, 0.2) is 0 Å². The van der Waals surface area contributed by atoms with E-state index in [0.29, 0.717) is 24.6 Å². The molecular formula is C28H30N6O4. The number of hydrogen-bond acceptors (Lipinski definition) is 7. The molecule has 0 saturated carbocycles. The van der Waals surface area contributed by atoms with Crippen molar-refractivity contribution in [1.82, 2.24) is 20.4 Å². The van der Waals surface area contributed by atoms with Gasteiger partial charge in [0.2, 0.25) is 23.6 Å². The predicted molar refractivity (Wildman–Crippen MR) is 142 cm³/mol. The number of rotatable bonds is 7. The van der Waals surface area contributed by atoms with Crippen molar-refractivity contribution in [3.8, 4) is 5.88 Å². The van der Waals surface area contributed by atoms with Crippen molar-refractivity contribution in [3.63, 3.8) is 0 Å². The zero-order valence-electron chi connectivity index (χ0n) is 21.3. The molecule has 2 aromatic carbocycles. The van der Waals surface area contributed by atoms with E-state index in [4.69, 9.17) is 4.74 Å². The van der Waals surface area contributed by atoms with Gasteiger partial charge in [0, 0.05) is 44.0 Å². The van der Waals surface area contributed by atoms with Gasteiger partial charge in [-0.05, 0) is 48.6 Å². The minimum Gasteiger partial charge on any atom is -0.472 e. The second-order valence-corrected chi connectivity index (χ2v) is 9.38. The van der Waals surface area contributed by atoms with Gasteiger partial charge in [-0.1, -0.05) is 36.8 Å². The van der Waals surface area contributed by atoms with Crippen LogP contribution in [-0.2, 0) is 22.6 Å². The molecule has 0 spiro atoms. The van der Waals surface area contributed by atoms with Gasteiger partial charge in [-0.15, -0.1) is 0 Å². The smallest absolute Gasteiger partial charge is 0.276 e. The van der Waals surface area contributed by atoms with Crippen LogP contribution in [0, 0.1) is 0 Å². The average Bonchev–Trinajstić information content (AvgIpc) is 3.25. The van der Waals surface area contributed by atoms with Crippen LogP contribution >= 0.6 is 0 Å². The standard InChI is InChI=1S/C28H30N6O4/c1-19(35)30-22-12-10-20(11-13-22)18-38-27-23(26(37)32-34-15-6-2-3-9-25(34)36)17-29-28(31-27)33-16-14-21-7-4-5-8-24(21)33/h4-5,7-8,10-13,17H,2-3,6,9,14-16,18H2,1H3,(H,30,35)(H,32,37). The number of nitrogens with one attached hydrogen (secondary N) is 2. The summed E-state index contributed by atoms with van der Waals surface area (Å²) >= 11 is 0. The first-order valence-corrected chi connectivity index (χ1v) is 12.8. The number of amides is 3. The molecule has 0 atom stereocenters. The number of anilines is 3. The molecular weight excluding hydrogens is 484 g/mol. The number of carbonyl (C=O) groups excluding carboxylic acids is 3. The Balaban J connectivity index is 1.40. The average molecular weight is 515 g/mol. The number of aromatic nitrogens is 2. The molecule has 1 saturated heterocycles. The Morgan fingerprint density at radius 1 is 1.00 bits per heavy atom. The van der Waals surface area contributed by atoms with Gasteiger partial charge < -0.3 is 15.0 Å². The Kier molecular flexibility index (Phi) is 7.48. The number of ether oxygens (including phenoxy) is 1. The number of para-hydroxylation sites is 1. The first-order valence-electron chi connectivity index (χ1n) is 12.8. The molecule has 5 rings (SSSR count). The number of fused-ring (bicyclic) bond motifs is 1. The van der Waals surface area contributed by atoms with E-state index >= 15 is 0 Å². The minimum atomic E-state index is -0.496. The molecule has 3 amide bonds.